The number of anilines is 2. The molecule has 1 heterocycles. The van der Waals surface area contributed by atoms with E-state index >= 15 is 0 Å². The van der Waals surface area contributed by atoms with Gasteiger partial charge in [0.2, 0.25) is 5.91 Å². The summed E-state index contributed by atoms with van der Waals surface area (Å²) in [6, 6.07) is 7.54. The van der Waals surface area contributed by atoms with Crippen LogP contribution in [-0.2, 0) is 4.79 Å². The molecular weight excluding hydrogens is 366 g/mol. The van der Waals surface area contributed by atoms with Crippen LogP contribution in [0.5, 0.6) is 5.75 Å². The van der Waals surface area contributed by atoms with Gasteiger partial charge < -0.3 is 15.0 Å². The Morgan fingerprint density at radius 2 is 2.04 bits per heavy atom. The number of ether oxygens (including phenoxy) is 1. The summed E-state index contributed by atoms with van der Waals surface area (Å²) in [5, 5.41) is 2.56. The SMILES string of the molecule is C=CCN1C(=O)C(C)(C)COc2cc(NC(=O)c3ccc(F)cc3F)ccc21. The van der Waals surface area contributed by atoms with Crippen molar-refractivity contribution in [2.45, 2.75) is 13.8 Å². The van der Waals surface area contributed by atoms with Gasteiger partial charge in [0.1, 0.15) is 24.0 Å². The Hall–Kier alpha value is -3.22. The first-order valence-corrected chi connectivity index (χ1v) is 8.69. The lowest BCUT2D eigenvalue weighted by atomic mass is 9.93. The second-order valence-corrected chi connectivity index (χ2v) is 7.14. The minimum absolute atomic E-state index is 0.101. The number of amides is 2. The molecule has 0 saturated heterocycles. The van der Waals surface area contributed by atoms with Crippen LogP contribution in [0.3, 0.4) is 0 Å². The molecule has 1 aliphatic heterocycles. The highest BCUT2D eigenvalue weighted by atomic mass is 19.1. The molecule has 0 bridgehead atoms. The summed E-state index contributed by atoms with van der Waals surface area (Å²) in [5.74, 6) is -2.12. The Morgan fingerprint density at radius 3 is 2.71 bits per heavy atom. The van der Waals surface area contributed by atoms with E-state index in [2.05, 4.69) is 11.9 Å². The van der Waals surface area contributed by atoms with E-state index in [0.29, 0.717) is 29.7 Å². The Kier molecular flexibility index (Phi) is 5.18. The second kappa shape index (κ2) is 7.42. The molecule has 2 aromatic rings. The Morgan fingerprint density at radius 1 is 1.29 bits per heavy atom. The third-order valence-electron chi connectivity index (χ3n) is 4.41. The summed E-state index contributed by atoms with van der Waals surface area (Å²) in [7, 11) is 0. The van der Waals surface area contributed by atoms with Gasteiger partial charge in [-0.15, -0.1) is 6.58 Å². The molecule has 0 saturated carbocycles. The van der Waals surface area contributed by atoms with Crippen LogP contribution in [0.4, 0.5) is 20.2 Å². The fourth-order valence-corrected chi connectivity index (χ4v) is 2.91. The summed E-state index contributed by atoms with van der Waals surface area (Å²) >= 11 is 0. The van der Waals surface area contributed by atoms with Crippen molar-refractivity contribution >= 4 is 23.2 Å². The highest BCUT2D eigenvalue weighted by molar-refractivity contribution is 6.05. The molecule has 0 aromatic heterocycles. The van der Waals surface area contributed by atoms with E-state index in [1.807, 2.05) is 0 Å². The van der Waals surface area contributed by atoms with Crippen molar-refractivity contribution in [2.75, 3.05) is 23.4 Å². The Labute approximate surface area is 161 Å². The lowest BCUT2D eigenvalue weighted by Gasteiger charge is -2.27. The maximum Gasteiger partial charge on any atom is 0.258 e. The van der Waals surface area contributed by atoms with E-state index in [-0.39, 0.29) is 18.1 Å². The van der Waals surface area contributed by atoms with E-state index in [0.717, 1.165) is 12.1 Å². The smallest absolute Gasteiger partial charge is 0.258 e. The van der Waals surface area contributed by atoms with E-state index in [1.165, 1.54) is 0 Å². The molecule has 0 unspecified atom stereocenters. The molecule has 5 nitrogen and oxygen atoms in total. The largest absolute Gasteiger partial charge is 0.490 e. The molecule has 146 valence electrons. The molecule has 0 spiro atoms. The molecule has 1 aliphatic rings. The lowest BCUT2D eigenvalue weighted by molar-refractivity contribution is -0.127. The first-order chi connectivity index (χ1) is 13.2. The van der Waals surface area contributed by atoms with Crippen LogP contribution in [0, 0.1) is 17.0 Å². The number of hydrogen-bond donors (Lipinski definition) is 1. The summed E-state index contributed by atoms with van der Waals surface area (Å²) in [6.45, 7) is 7.74. The zero-order chi connectivity index (χ0) is 20.5. The van der Waals surface area contributed by atoms with Crippen LogP contribution in [-0.4, -0.2) is 25.0 Å². The van der Waals surface area contributed by atoms with Crippen molar-refractivity contribution in [1.82, 2.24) is 0 Å². The molecular formula is C21H20F2N2O3. The van der Waals surface area contributed by atoms with Gasteiger partial charge in [0.15, 0.2) is 0 Å². The lowest BCUT2D eigenvalue weighted by Crippen LogP contribution is -2.42. The van der Waals surface area contributed by atoms with Crippen LogP contribution in [0.25, 0.3) is 0 Å². The minimum Gasteiger partial charge on any atom is -0.490 e. The summed E-state index contributed by atoms with van der Waals surface area (Å²) < 4.78 is 32.7. The van der Waals surface area contributed by atoms with Crippen molar-refractivity contribution in [3.05, 3.63) is 66.3 Å². The summed E-state index contributed by atoms with van der Waals surface area (Å²) in [6.07, 6.45) is 1.62. The molecule has 1 N–H and O–H groups in total. The average molecular weight is 386 g/mol. The van der Waals surface area contributed by atoms with Crippen molar-refractivity contribution < 1.29 is 23.1 Å². The fourth-order valence-electron chi connectivity index (χ4n) is 2.91. The number of halogens is 2. The Bertz CT molecular complexity index is 957. The molecule has 0 radical (unpaired) electrons. The topological polar surface area (TPSA) is 58.6 Å². The van der Waals surface area contributed by atoms with Crippen molar-refractivity contribution in [3.63, 3.8) is 0 Å². The van der Waals surface area contributed by atoms with Crippen LogP contribution >= 0.6 is 0 Å². The third-order valence-corrected chi connectivity index (χ3v) is 4.41. The maximum absolute atomic E-state index is 13.8. The van der Waals surface area contributed by atoms with Gasteiger partial charge in [-0.2, -0.15) is 0 Å². The van der Waals surface area contributed by atoms with E-state index in [9.17, 15) is 18.4 Å². The highest BCUT2D eigenvalue weighted by Crippen LogP contribution is 2.38. The minimum atomic E-state index is -0.951. The van der Waals surface area contributed by atoms with Gasteiger partial charge >= 0.3 is 0 Å². The summed E-state index contributed by atoms with van der Waals surface area (Å²) in [4.78, 5) is 26.7. The number of carbonyl (C=O) groups is 2. The quantitative estimate of drug-likeness (QED) is 0.803. The van der Waals surface area contributed by atoms with Gasteiger partial charge in [0.25, 0.3) is 5.91 Å². The normalized spacial score (nSPS) is 15.3. The zero-order valence-electron chi connectivity index (χ0n) is 15.6. The van der Waals surface area contributed by atoms with E-state index < -0.39 is 23.0 Å². The predicted molar refractivity (Wildman–Crippen MR) is 103 cm³/mol. The monoisotopic (exact) mass is 386 g/mol. The average Bonchev–Trinajstić information content (AvgIpc) is 2.72. The number of nitrogens with one attached hydrogen (secondary N) is 1. The zero-order valence-corrected chi connectivity index (χ0v) is 15.6. The van der Waals surface area contributed by atoms with E-state index in [4.69, 9.17) is 4.74 Å². The Balaban J connectivity index is 1.91. The van der Waals surface area contributed by atoms with Crippen LogP contribution in [0.15, 0.2) is 49.1 Å². The number of fused-ring (bicyclic) bond motifs is 1. The molecule has 2 amide bonds. The standard InChI is InChI=1S/C21H20F2N2O3/c1-4-9-25-17-8-6-14(11-18(17)28-12-21(2,3)20(25)27)24-19(26)15-7-5-13(22)10-16(15)23/h4-8,10-11H,1,9,12H2,2-3H3,(H,24,26). The molecule has 28 heavy (non-hydrogen) atoms. The number of hydrogen-bond acceptors (Lipinski definition) is 3. The highest BCUT2D eigenvalue weighted by Gasteiger charge is 2.37. The summed E-state index contributed by atoms with van der Waals surface area (Å²) in [5.41, 5.74) is -0.0932. The van der Waals surface area contributed by atoms with Crippen LogP contribution in [0.1, 0.15) is 24.2 Å². The van der Waals surface area contributed by atoms with Crippen molar-refractivity contribution in [1.29, 1.82) is 0 Å². The van der Waals surface area contributed by atoms with Crippen LogP contribution in [0.2, 0.25) is 0 Å². The predicted octanol–water partition coefficient (Wildman–Crippen LogP) is 4.15. The van der Waals surface area contributed by atoms with Crippen LogP contribution < -0.4 is 15.0 Å². The number of rotatable bonds is 4. The van der Waals surface area contributed by atoms with Crippen molar-refractivity contribution in [3.8, 4) is 5.75 Å². The fraction of sp³-hybridized carbons (Fsp3) is 0.238. The molecule has 3 rings (SSSR count). The molecule has 0 atom stereocenters. The first kappa shape index (κ1) is 19.5. The van der Waals surface area contributed by atoms with E-state index in [1.54, 1.807) is 43.0 Å². The van der Waals surface area contributed by atoms with Gasteiger partial charge in [-0.05, 0) is 38.1 Å². The van der Waals surface area contributed by atoms with Gasteiger partial charge in [-0.25, -0.2) is 8.78 Å². The molecule has 2 aromatic carbocycles. The molecule has 0 aliphatic carbocycles. The van der Waals surface area contributed by atoms with Crippen molar-refractivity contribution in [2.24, 2.45) is 5.41 Å². The molecule has 7 heteroatoms. The van der Waals surface area contributed by atoms with Gasteiger partial charge in [0, 0.05) is 24.4 Å². The third kappa shape index (κ3) is 3.74. The number of nitrogens with zero attached hydrogens (tertiary/aromatic N) is 1. The van der Waals surface area contributed by atoms with Gasteiger partial charge in [0.05, 0.1) is 16.7 Å². The second-order valence-electron chi connectivity index (χ2n) is 7.14. The number of carbonyl (C=O) groups excluding carboxylic acids is 2. The van der Waals surface area contributed by atoms with Gasteiger partial charge in [-0.3, -0.25) is 9.59 Å². The molecule has 0 fully saturated rings. The number of benzene rings is 2. The first-order valence-electron chi connectivity index (χ1n) is 8.69. The van der Waals surface area contributed by atoms with Gasteiger partial charge in [-0.1, -0.05) is 6.08 Å². The maximum atomic E-state index is 13.8.